The minimum atomic E-state index is -1.02. The SMILES string of the molecule is CC(=O)NCCN(C)C1=C[C@@H]2Oc3cc(N(C)CCNC(C)=O)ccc3[C@@]3(OC(=O)c4ccccc43)[C@@H]2C=C1. The lowest BCUT2D eigenvalue weighted by Crippen LogP contribution is -2.49. The number of hydrogen-bond donors (Lipinski definition) is 2. The highest BCUT2D eigenvalue weighted by Gasteiger charge is 2.58. The number of benzene rings is 2. The molecule has 9 nitrogen and oxygen atoms in total. The summed E-state index contributed by atoms with van der Waals surface area (Å²) in [6.45, 7) is 5.31. The third-order valence-corrected chi connectivity index (χ3v) is 7.59. The third kappa shape index (κ3) is 4.84. The number of amides is 2. The van der Waals surface area contributed by atoms with E-state index in [4.69, 9.17) is 9.47 Å². The normalized spacial score (nSPS) is 22.1. The first-order chi connectivity index (χ1) is 18.7. The highest BCUT2D eigenvalue weighted by atomic mass is 16.6. The second-order valence-electron chi connectivity index (χ2n) is 10.2. The molecule has 0 unspecified atom stereocenters. The number of carbonyl (C=O) groups is 3. The Kier molecular flexibility index (Phi) is 7.08. The van der Waals surface area contributed by atoms with E-state index in [0.717, 1.165) is 22.5 Å². The highest BCUT2D eigenvalue weighted by molar-refractivity contribution is 5.96. The van der Waals surface area contributed by atoms with Crippen molar-refractivity contribution in [2.75, 3.05) is 45.2 Å². The number of anilines is 1. The Morgan fingerprint density at radius 2 is 1.64 bits per heavy atom. The van der Waals surface area contributed by atoms with E-state index >= 15 is 0 Å². The quantitative estimate of drug-likeness (QED) is 0.506. The molecule has 0 fully saturated rings. The molecule has 204 valence electrons. The van der Waals surface area contributed by atoms with Crippen LogP contribution in [0.5, 0.6) is 5.75 Å². The van der Waals surface area contributed by atoms with Crippen LogP contribution in [0.2, 0.25) is 0 Å². The number of nitrogens with zero attached hydrogens (tertiary/aromatic N) is 2. The lowest BCUT2D eigenvalue weighted by Gasteiger charge is -2.45. The fourth-order valence-electron chi connectivity index (χ4n) is 5.59. The Balaban J connectivity index is 1.52. The minimum Gasteiger partial charge on any atom is -0.485 e. The van der Waals surface area contributed by atoms with E-state index < -0.39 is 5.60 Å². The van der Waals surface area contributed by atoms with Gasteiger partial charge in [0.25, 0.3) is 0 Å². The molecule has 9 heteroatoms. The van der Waals surface area contributed by atoms with Gasteiger partial charge in [-0.3, -0.25) is 9.59 Å². The molecule has 0 aromatic heterocycles. The van der Waals surface area contributed by atoms with Crippen LogP contribution in [-0.4, -0.2) is 69.1 Å². The average Bonchev–Trinajstić information content (AvgIpc) is 3.20. The van der Waals surface area contributed by atoms with Crippen molar-refractivity contribution < 1.29 is 23.9 Å². The predicted octanol–water partition coefficient (Wildman–Crippen LogP) is 2.57. The van der Waals surface area contributed by atoms with Crippen molar-refractivity contribution in [1.29, 1.82) is 0 Å². The summed E-state index contributed by atoms with van der Waals surface area (Å²) in [6.07, 6.45) is 5.77. The molecule has 0 bridgehead atoms. The predicted molar refractivity (Wildman–Crippen MR) is 147 cm³/mol. The maximum absolute atomic E-state index is 13.1. The molecular weight excluding hydrogens is 496 g/mol. The summed E-state index contributed by atoms with van der Waals surface area (Å²) in [7, 11) is 3.93. The summed E-state index contributed by atoms with van der Waals surface area (Å²) < 4.78 is 12.9. The molecule has 3 aliphatic rings. The number of fused-ring (bicyclic) bond motifs is 6. The summed E-state index contributed by atoms with van der Waals surface area (Å²) in [5, 5.41) is 5.65. The van der Waals surface area contributed by atoms with Crippen molar-refractivity contribution in [2.24, 2.45) is 5.92 Å². The number of nitrogens with one attached hydrogen (secondary N) is 2. The maximum atomic E-state index is 13.1. The molecule has 1 spiro atoms. The Labute approximate surface area is 228 Å². The fraction of sp³-hybridized carbons (Fsp3) is 0.367. The van der Waals surface area contributed by atoms with E-state index in [1.807, 2.05) is 67.5 Å². The van der Waals surface area contributed by atoms with E-state index in [-0.39, 0.29) is 29.8 Å². The van der Waals surface area contributed by atoms with Gasteiger partial charge in [0, 0.05) is 82.7 Å². The number of hydrogen-bond acceptors (Lipinski definition) is 7. The van der Waals surface area contributed by atoms with Gasteiger partial charge in [0.2, 0.25) is 11.8 Å². The standard InChI is InChI=1S/C30H34N4O5/c1-19(35)31-13-15-33(3)21-9-11-25-27(17-21)38-28-18-22(34(4)16-14-32-20(2)36)10-12-26(28)30(25)24-8-6-5-7-23(24)29(37)39-30/h5-12,17-18,25,27H,13-16H2,1-4H3,(H,31,35)(H,32,36)/t25-,27+,30+/m1/s1. The van der Waals surface area contributed by atoms with Crippen LogP contribution in [0.25, 0.3) is 0 Å². The first-order valence-corrected chi connectivity index (χ1v) is 13.2. The summed E-state index contributed by atoms with van der Waals surface area (Å²) >= 11 is 0. The molecular formula is C30H34N4O5. The zero-order valence-electron chi connectivity index (χ0n) is 22.7. The number of carbonyl (C=O) groups excluding carboxylic acids is 3. The molecule has 0 saturated carbocycles. The Bertz CT molecular complexity index is 1370. The van der Waals surface area contributed by atoms with Crippen LogP contribution >= 0.6 is 0 Å². The molecule has 0 saturated heterocycles. The van der Waals surface area contributed by atoms with Crippen molar-refractivity contribution in [2.45, 2.75) is 25.6 Å². The monoisotopic (exact) mass is 530 g/mol. The first kappa shape index (κ1) is 26.3. The lowest BCUT2D eigenvalue weighted by atomic mass is 9.70. The van der Waals surface area contributed by atoms with Gasteiger partial charge in [0.05, 0.1) is 11.5 Å². The second-order valence-corrected chi connectivity index (χ2v) is 10.2. The summed E-state index contributed by atoms with van der Waals surface area (Å²) in [6, 6.07) is 13.5. The second kappa shape index (κ2) is 10.5. The Morgan fingerprint density at radius 1 is 0.949 bits per heavy atom. The number of rotatable bonds is 8. The van der Waals surface area contributed by atoms with Crippen molar-refractivity contribution in [3.63, 3.8) is 0 Å². The fourth-order valence-corrected chi connectivity index (χ4v) is 5.59. The topological polar surface area (TPSA) is 100 Å². The van der Waals surface area contributed by atoms with Gasteiger partial charge in [-0.15, -0.1) is 0 Å². The van der Waals surface area contributed by atoms with Crippen LogP contribution in [0.1, 0.15) is 35.3 Å². The van der Waals surface area contributed by atoms with Gasteiger partial charge in [0.1, 0.15) is 11.9 Å². The molecule has 39 heavy (non-hydrogen) atoms. The van der Waals surface area contributed by atoms with Crippen LogP contribution in [0.3, 0.4) is 0 Å². The smallest absolute Gasteiger partial charge is 0.339 e. The van der Waals surface area contributed by atoms with Crippen LogP contribution in [0, 0.1) is 5.92 Å². The van der Waals surface area contributed by atoms with Crippen LogP contribution in [-0.2, 0) is 19.9 Å². The number of allylic oxidation sites excluding steroid dienone is 1. The minimum absolute atomic E-state index is 0.0645. The van der Waals surface area contributed by atoms with Crippen LogP contribution < -0.4 is 20.3 Å². The van der Waals surface area contributed by atoms with Crippen molar-refractivity contribution in [3.05, 3.63) is 83.1 Å². The number of esters is 1. The molecule has 2 amide bonds. The van der Waals surface area contributed by atoms with Gasteiger partial charge in [-0.05, 0) is 30.4 Å². The van der Waals surface area contributed by atoms with Crippen molar-refractivity contribution >= 4 is 23.5 Å². The van der Waals surface area contributed by atoms with Crippen molar-refractivity contribution in [1.82, 2.24) is 15.5 Å². The zero-order chi connectivity index (χ0) is 27.7. The molecule has 5 rings (SSSR count). The molecule has 1 aliphatic carbocycles. The Hall–Kier alpha value is -4.27. The highest BCUT2D eigenvalue weighted by Crippen LogP contribution is 2.56. The average molecular weight is 531 g/mol. The molecule has 2 aromatic carbocycles. The molecule has 2 aliphatic heterocycles. The lowest BCUT2D eigenvalue weighted by molar-refractivity contribution is -0.119. The van der Waals surface area contributed by atoms with E-state index in [1.54, 1.807) is 0 Å². The maximum Gasteiger partial charge on any atom is 0.339 e. The summed E-state index contributed by atoms with van der Waals surface area (Å²) in [5.74, 6) is -0.0959. The first-order valence-electron chi connectivity index (χ1n) is 13.2. The van der Waals surface area contributed by atoms with E-state index in [9.17, 15) is 14.4 Å². The van der Waals surface area contributed by atoms with Gasteiger partial charge < -0.3 is 29.9 Å². The third-order valence-electron chi connectivity index (χ3n) is 7.59. The number of ether oxygens (including phenoxy) is 2. The molecule has 2 N–H and O–H groups in total. The van der Waals surface area contributed by atoms with Crippen molar-refractivity contribution in [3.8, 4) is 5.75 Å². The van der Waals surface area contributed by atoms with Gasteiger partial charge in [-0.2, -0.15) is 0 Å². The van der Waals surface area contributed by atoms with E-state index in [1.165, 1.54) is 13.8 Å². The Morgan fingerprint density at radius 3 is 2.36 bits per heavy atom. The van der Waals surface area contributed by atoms with Gasteiger partial charge in [-0.25, -0.2) is 4.79 Å². The molecule has 0 radical (unpaired) electrons. The molecule has 2 aromatic rings. The number of likely N-dealkylation sites (N-methyl/N-ethyl adjacent to an activating group) is 2. The van der Waals surface area contributed by atoms with Gasteiger partial charge in [0.15, 0.2) is 5.60 Å². The molecule has 2 heterocycles. The van der Waals surface area contributed by atoms with Gasteiger partial charge >= 0.3 is 5.97 Å². The summed E-state index contributed by atoms with van der Waals surface area (Å²) in [5.41, 5.74) is 3.07. The van der Waals surface area contributed by atoms with E-state index in [2.05, 4.69) is 27.7 Å². The zero-order valence-corrected chi connectivity index (χ0v) is 22.7. The largest absolute Gasteiger partial charge is 0.485 e. The molecule has 3 atom stereocenters. The summed E-state index contributed by atoms with van der Waals surface area (Å²) in [4.78, 5) is 39.8. The van der Waals surface area contributed by atoms with Crippen LogP contribution in [0.4, 0.5) is 5.69 Å². The van der Waals surface area contributed by atoms with Crippen LogP contribution in [0.15, 0.2) is 66.4 Å². The van der Waals surface area contributed by atoms with E-state index in [0.29, 0.717) is 37.5 Å². The van der Waals surface area contributed by atoms with Gasteiger partial charge in [-0.1, -0.05) is 24.3 Å².